The number of likely N-dealkylation sites (tertiary alicyclic amines) is 1. The Bertz CT molecular complexity index is 853. The molecule has 0 radical (unpaired) electrons. The lowest BCUT2D eigenvalue weighted by atomic mass is 10.0. The molecule has 2 N–H and O–H groups in total. The van der Waals surface area contributed by atoms with Crippen molar-refractivity contribution in [3.8, 4) is 11.5 Å². The molecule has 3 rings (SSSR count). The average molecular weight is 382 g/mol. The van der Waals surface area contributed by atoms with Crippen LogP contribution in [0.5, 0.6) is 11.5 Å². The fourth-order valence-corrected chi connectivity index (χ4v) is 3.15. The highest BCUT2D eigenvalue weighted by Gasteiger charge is 2.31. The predicted molar refractivity (Wildman–Crippen MR) is 102 cm³/mol. The van der Waals surface area contributed by atoms with Crippen LogP contribution in [0.25, 0.3) is 0 Å². The van der Waals surface area contributed by atoms with Gasteiger partial charge in [0, 0.05) is 6.54 Å². The third kappa shape index (κ3) is 4.68. The summed E-state index contributed by atoms with van der Waals surface area (Å²) in [6.07, 6.45) is 2.15. The van der Waals surface area contributed by atoms with Gasteiger partial charge >= 0.3 is 5.97 Å². The molecule has 1 saturated heterocycles. The van der Waals surface area contributed by atoms with Gasteiger partial charge in [-0.05, 0) is 43.5 Å². The molecule has 146 valence electrons. The minimum absolute atomic E-state index is 0.212. The van der Waals surface area contributed by atoms with Gasteiger partial charge in [0.2, 0.25) is 5.91 Å². The maximum Gasteiger partial charge on any atom is 0.342 e. The summed E-state index contributed by atoms with van der Waals surface area (Å²) in [6, 6.07) is 15.0. The number of carbonyl (C=O) groups excluding carboxylic acids is 3. The second-order valence-electron chi connectivity index (χ2n) is 6.49. The van der Waals surface area contributed by atoms with Crippen molar-refractivity contribution < 1.29 is 23.9 Å². The van der Waals surface area contributed by atoms with Gasteiger partial charge in [0.05, 0.1) is 0 Å². The lowest BCUT2D eigenvalue weighted by molar-refractivity contribution is -0.143. The Kier molecular flexibility index (Phi) is 6.26. The Morgan fingerprint density at radius 3 is 2.46 bits per heavy atom. The van der Waals surface area contributed by atoms with Crippen LogP contribution in [-0.4, -0.2) is 41.9 Å². The summed E-state index contributed by atoms with van der Waals surface area (Å²) in [5, 5.41) is 0. The minimum atomic E-state index is -0.674. The number of para-hydroxylation sites is 2. The number of nitrogens with two attached hydrogens (primary N) is 1. The number of primary amides is 1. The van der Waals surface area contributed by atoms with E-state index in [0.29, 0.717) is 24.5 Å². The van der Waals surface area contributed by atoms with Crippen LogP contribution in [0.15, 0.2) is 54.6 Å². The third-order valence-corrected chi connectivity index (χ3v) is 4.56. The van der Waals surface area contributed by atoms with E-state index in [2.05, 4.69) is 0 Å². The Balaban J connectivity index is 1.65. The maximum atomic E-state index is 12.5. The first-order valence-corrected chi connectivity index (χ1v) is 9.14. The summed E-state index contributed by atoms with van der Waals surface area (Å²) in [5.74, 6) is -0.734. The highest BCUT2D eigenvalue weighted by Crippen LogP contribution is 2.25. The molecule has 2 aromatic carbocycles. The number of hydrogen-bond donors (Lipinski definition) is 1. The molecule has 1 atom stereocenters. The highest BCUT2D eigenvalue weighted by atomic mass is 16.5. The van der Waals surface area contributed by atoms with Crippen LogP contribution in [-0.2, 0) is 14.3 Å². The smallest absolute Gasteiger partial charge is 0.342 e. The van der Waals surface area contributed by atoms with Crippen molar-refractivity contribution in [1.29, 1.82) is 0 Å². The van der Waals surface area contributed by atoms with Crippen LogP contribution in [0.3, 0.4) is 0 Å². The summed E-state index contributed by atoms with van der Waals surface area (Å²) < 4.78 is 10.9. The first kappa shape index (κ1) is 19.4. The summed E-state index contributed by atoms with van der Waals surface area (Å²) >= 11 is 0. The van der Waals surface area contributed by atoms with Crippen LogP contribution >= 0.6 is 0 Å². The van der Waals surface area contributed by atoms with Gasteiger partial charge in [0.15, 0.2) is 6.61 Å². The predicted octanol–water partition coefficient (Wildman–Crippen LogP) is 2.50. The van der Waals surface area contributed by atoms with Crippen LogP contribution in [0.1, 0.15) is 29.6 Å². The van der Waals surface area contributed by atoms with Crippen molar-refractivity contribution in [1.82, 2.24) is 4.90 Å². The van der Waals surface area contributed by atoms with Gasteiger partial charge in [0.1, 0.15) is 23.1 Å². The van der Waals surface area contributed by atoms with Gasteiger partial charge in [-0.1, -0.05) is 30.3 Å². The van der Waals surface area contributed by atoms with Gasteiger partial charge in [-0.25, -0.2) is 4.79 Å². The van der Waals surface area contributed by atoms with E-state index in [9.17, 15) is 14.4 Å². The summed E-state index contributed by atoms with van der Waals surface area (Å²) in [4.78, 5) is 37.9. The SMILES string of the molecule is NC(=O)[C@H]1CCCCN1C(=O)COC(=O)c1ccccc1Oc1ccccc1. The van der Waals surface area contributed by atoms with Crippen molar-refractivity contribution in [2.45, 2.75) is 25.3 Å². The van der Waals surface area contributed by atoms with Gasteiger partial charge < -0.3 is 20.1 Å². The molecule has 28 heavy (non-hydrogen) atoms. The lowest BCUT2D eigenvalue weighted by Crippen LogP contribution is -2.51. The molecule has 0 saturated carbocycles. The first-order chi connectivity index (χ1) is 13.6. The molecule has 7 heteroatoms. The molecule has 7 nitrogen and oxygen atoms in total. The van der Waals surface area contributed by atoms with Crippen molar-refractivity contribution in [3.05, 3.63) is 60.2 Å². The quantitative estimate of drug-likeness (QED) is 0.774. The largest absolute Gasteiger partial charge is 0.456 e. The maximum absolute atomic E-state index is 12.5. The number of carbonyl (C=O) groups is 3. The molecule has 2 aromatic rings. The van der Waals surface area contributed by atoms with Crippen LogP contribution in [0.2, 0.25) is 0 Å². The molecule has 1 aliphatic heterocycles. The first-order valence-electron chi connectivity index (χ1n) is 9.14. The van der Waals surface area contributed by atoms with Crippen molar-refractivity contribution >= 4 is 17.8 Å². The number of amides is 2. The van der Waals surface area contributed by atoms with E-state index in [1.165, 1.54) is 4.90 Å². The van der Waals surface area contributed by atoms with Crippen LogP contribution in [0.4, 0.5) is 0 Å². The Labute approximate surface area is 163 Å². The Hall–Kier alpha value is -3.35. The number of hydrogen-bond acceptors (Lipinski definition) is 5. The topological polar surface area (TPSA) is 98.9 Å². The van der Waals surface area contributed by atoms with E-state index in [-0.39, 0.29) is 5.56 Å². The number of rotatable bonds is 6. The Morgan fingerprint density at radius 2 is 1.71 bits per heavy atom. The van der Waals surface area contributed by atoms with E-state index in [1.54, 1.807) is 36.4 Å². The van der Waals surface area contributed by atoms with Gasteiger partial charge in [-0.3, -0.25) is 9.59 Å². The molecule has 0 spiro atoms. The zero-order valence-electron chi connectivity index (χ0n) is 15.4. The fraction of sp³-hybridized carbons (Fsp3) is 0.286. The zero-order valence-corrected chi connectivity index (χ0v) is 15.4. The van der Waals surface area contributed by atoms with E-state index in [4.69, 9.17) is 15.2 Å². The normalized spacial score (nSPS) is 16.3. The van der Waals surface area contributed by atoms with Crippen molar-refractivity contribution in [2.75, 3.05) is 13.2 Å². The van der Waals surface area contributed by atoms with Crippen LogP contribution in [0, 0.1) is 0 Å². The van der Waals surface area contributed by atoms with E-state index in [0.717, 1.165) is 12.8 Å². The number of nitrogens with zero attached hydrogens (tertiary/aromatic N) is 1. The number of esters is 1. The van der Waals surface area contributed by atoms with E-state index in [1.807, 2.05) is 18.2 Å². The molecule has 0 aromatic heterocycles. The minimum Gasteiger partial charge on any atom is -0.456 e. The van der Waals surface area contributed by atoms with Gasteiger partial charge in [0.25, 0.3) is 5.91 Å². The molecular formula is C21H22N2O5. The van der Waals surface area contributed by atoms with Crippen LogP contribution < -0.4 is 10.5 Å². The molecular weight excluding hydrogens is 360 g/mol. The van der Waals surface area contributed by atoms with Gasteiger partial charge in [-0.15, -0.1) is 0 Å². The Morgan fingerprint density at radius 1 is 1.00 bits per heavy atom. The highest BCUT2D eigenvalue weighted by molar-refractivity contribution is 5.94. The average Bonchev–Trinajstić information content (AvgIpc) is 2.73. The summed E-state index contributed by atoms with van der Waals surface area (Å²) in [5.41, 5.74) is 5.59. The standard InChI is InChI=1S/C21H22N2O5/c22-20(25)17-11-6-7-13-23(17)19(24)14-27-21(26)16-10-4-5-12-18(16)28-15-8-2-1-3-9-15/h1-5,8-10,12,17H,6-7,11,13-14H2,(H2,22,25)/t17-/m1/s1. The summed E-state index contributed by atoms with van der Waals surface area (Å²) in [7, 11) is 0. The monoisotopic (exact) mass is 382 g/mol. The summed E-state index contributed by atoms with van der Waals surface area (Å²) in [6.45, 7) is -0.0278. The van der Waals surface area contributed by atoms with E-state index >= 15 is 0 Å². The fourth-order valence-electron chi connectivity index (χ4n) is 3.15. The molecule has 0 bridgehead atoms. The second kappa shape index (κ2) is 9.03. The molecule has 0 aliphatic carbocycles. The zero-order chi connectivity index (χ0) is 19.9. The molecule has 0 unspecified atom stereocenters. The second-order valence-corrected chi connectivity index (χ2v) is 6.49. The number of ether oxygens (including phenoxy) is 2. The molecule has 1 fully saturated rings. The van der Waals surface area contributed by atoms with Gasteiger partial charge in [-0.2, -0.15) is 0 Å². The van der Waals surface area contributed by atoms with E-state index < -0.39 is 30.4 Å². The molecule has 1 heterocycles. The van der Waals surface area contributed by atoms with Crippen molar-refractivity contribution in [3.63, 3.8) is 0 Å². The number of benzene rings is 2. The lowest BCUT2D eigenvalue weighted by Gasteiger charge is -2.33. The molecule has 2 amide bonds. The number of piperidine rings is 1. The molecule has 1 aliphatic rings. The van der Waals surface area contributed by atoms with Crippen molar-refractivity contribution in [2.24, 2.45) is 5.73 Å². The third-order valence-electron chi connectivity index (χ3n) is 4.56.